The fraction of sp³-hybridized carbons (Fsp3) is 0.176. The quantitative estimate of drug-likeness (QED) is 0.716. The number of nitrogens with zero attached hydrogens (tertiary/aromatic N) is 1. The second-order valence-corrected chi connectivity index (χ2v) is 5.84. The van der Waals surface area contributed by atoms with Crippen LogP contribution in [-0.2, 0) is 0 Å². The third kappa shape index (κ3) is 3.78. The van der Waals surface area contributed by atoms with Crippen molar-refractivity contribution in [1.29, 1.82) is 0 Å². The van der Waals surface area contributed by atoms with Crippen LogP contribution in [0.15, 0.2) is 36.5 Å². The lowest BCUT2D eigenvalue weighted by atomic mass is 10.2. The molecule has 0 atom stereocenters. The number of aldehydes is 1. The Hall–Kier alpha value is -2.60. The normalized spacial score (nSPS) is 9.87. The van der Waals surface area contributed by atoms with E-state index in [9.17, 15) is 4.79 Å². The lowest BCUT2D eigenvalue weighted by Crippen LogP contribution is -1.90. The molecule has 0 unspecified atom stereocenters. The maximum atomic E-state index is 10.7. The van der Waals surface area contributed by atoms with Gasteiger partial charge in [0.1, 0.15) is 10.6 Å². The number of aromatic nitrogens is 1. The first-order chi connectivity index (χ1) is 11.1. The van der Waals surface area contributed by atoms with Gasteiger partial charge in [-0.1, -0.05) is 17.7 Å². The highest BCUT2D eigenvalue weighted by molar-refractivity contribution is 7.20. The number of pyridine rings is 1. The highest BCUT2D eigenvalue weighted by atomic mass is 32.1. The Balaban J connectivity index is 0.000000185. The van der Waals surface area contributed by atoms with Crippen LogP contribution in [0.5, 0.6) is 5.75 Å². The lowest BCUT2D eigenvalue weighted by molar-refractivity contribution is 0.112. The molecule has 0 saturated heterocycles. The first-order valence-electron chi connectivity index (χ1n) is 7.01. The monoisotopic (exact) mass is 329 g/mol. The van der Waals surface area contributed by atoms with Crippen molar-refractivity contribution in [3.63, 3.8) is 0 Å². The molecular formula is C17H19N3O2S. The Bertz CT molecular complexity index is 797. The summed E-state index contributed by atoms with van der Waals surface area (Å²) in [7, 11) is 3.48. The first kappa shape index (κ1) is 16.8. The highest BCUT2D eigenvalue weighted by Crippen LogP contribution is 2.36. The summed E-state index contributed by atoms with van der Waals surface area (Å²) in [5.74, 6) is 0.650. The van der Waals surface area contributed by atoms with Gasteiger partial charge in [-0.2, -0.15) is 0 Å². The molecule has 1 aromatic carbocycles. The third-order valence-corrected chi connectivity index (χ3v) is 4.33. The minimum absolute atomic E-state index is 0.449. The van der Waals surface area contributed by atoms with Gasteiger partial charge in [0.05, 0.1) is 23.1 Å². The number of fused-ring (bicyclic) bond motifs is 1. The summed E-state index contributed by atoms with van der Waals surface area (Å²) in [5, 5.41) is 3.78. The van der Waals surface area contributed by atoms with Crippen LogP contribution in [0.25, 0.3) is 10.2 Å². The summed E-state index contributed by atoms with van der Waals surface area (Å²) in [5.41, 5.74) is 8.70. The molecule has 0 aliphatic heterocycles. The molecule has 0 amide bonds. The number of carbonyl (C=O) groups is 1. The molecule has 23 heavy (non-hydrogen) atoms. The summed E-state index contributed by atoms with van der Waals surface area (Å²) < 4.78 is 5.14. The minimum atomic E-state index is 0.449. The van der Waals surface area contributed by atoms with E-state index in [4.69, 9.17) is 10.5 Å². The van der Waals surface area contributed by atoms with Crippen LogP contribution in [0.2, 0.25) is 0 Å². The topological polar surface area (TPSA) is 77.2 Å². The van der Waals surface area contributed by atoms with Gasteiger partial charge in [0, 0.05) is 18.9 Å². The van der Waals surface area contributed by atoms with Crippen LogP contribution in [0, 0.1) is 6.92 Å². The van der Waals surface area contributed by atoms with Crippen molar-refractivity contribution in [2.75, 3.05) is 25.2 Å². The van der Waals surface area contributed by atoms with Crippen LogP contribution in [0.1, 0.15) is 15.2 Å². The summed E-state index contributed by atoms with van der Waals surface area (Å²) in [6.45, 7) is 2.08. The van der Waals surface area contributed by atoms with Crippen molar-refractivity contribution in [3.8, 4) is 5.75 Å². The van der Waals surface area contributed by atoms with Gasteiger partial charge in [0.25, 0.3) is 0 Å². The van der Waals surface area contributed by atoms with E-state index in [2.05, 4.69) is 41.5 Å². The highest BCUT2D eigenvalue weighted by Gasteiger charge is 2.13. The SMILES string of the molecule is CNc1ccc(C)cc1.COc1ccnc2sc(C=O)c(N)c12. The third-order valence-electron chi connectivity index (χ3n) is 3.29. The molecule has 5 nitrogen and oxygen atoms in total. The molecule has 0 radical (unpaired) electrons. The van der Waals surface area contributed by atoms with Crippen LogP contribution >= 0.6 is 11.3 Å². The van der Waals surface area contributed by atoms with Gasteiger partial charge in [0.2, 0.25) is 0 Å². The second kappa shape index (κ2) is 7.60. The number of benzene rings is 1. The van der Waals surface area contributed by atoms with Gasteiger partial charge >= 0.3 is 0 Å². The number of aryl methyl sites for hydroxylation is 1. The van der Waals surface area contributed by atoms with E-state index in [1.54, 1.807) is 19.4 Å². The molecule has 2 aromatic heterocycles. The molecule has 6 heteroatoms. The van der Waals surface area contributed by atoms with E-state index in [-0.39, 0.29) is 0 Å². The number of nitrogens with two attached hydrogens (primary N) is 1. The van der Waals surface area contributed by atoms with E-state index in [1.807, 2.05) is 7.05 Å². The molecule has 3 aromatic rings. The zero-order valence-corrected chi connectivity index (χ0v) is 14.1. The van der Waals surface area contributed by atoms with Crippen LogP contribution < -0.4 is 15.8 Å². The van der Waals surface area contributed by atoms with Crippen LogP contribution in [0.3, 0.4) is 0 Å². The average Bonchev–Trinajstić information content (AvgIpc) is 2.92. The Labute approximate surface area is 139 Å². The van der Waals surface area contributed by atoms with Gasteiger partial charge < -0.3 is 15.8 Å². The largest absolute Gasteiger partial charge is 0.496 e. The molecule has 3 N–H and O–H groups in total. The van der Waals surface area contributed by atoms with Gasteiger partial charge in [-0.05, 0) is 25.1 Å². The second-order valence-electron chi connectivity index (χ2n) is 4.81. The Kier molecular flexibility index (Phi) is 5.54. The number of hydrogen-bond donors (Lipinski definition) is 2. The van der Waals surface area contributed by atoms with Crippen molar-refractivity contribution in [2.24, 2.45) is 0 Å². The summed E-state index contributed by atoms with van der Waals surface area (Å²) >= 11 is 1.27. The number of carbonyl (C=O) groups excluding carboxylic acids is 1. The molecule has 0 aliphatic carbocycles. The molecule has 120 valence electrons. The molecule has 3 rings (SSSR count). The van der Waals surface area contributed by atoms with Gasteiger partial charge in [-0.3, -0.25) is 4.79 Å². The van der Waals surface area contributed by atoms with Crippen molar-refractivity contribution in [2.45, 2.75) is 6.92 Å². The number of methoxy groups -OCH3 is 1. The fourth-order valence-corrected chi connectivity index (χ4v) is 2.91. The van der Waals surface area contributed by atoms with Gasteiger partial charge in [-0.15, -0.1) is 11.3 Å². The summed E-state index contributed by atoms with van der Waals surface area (Å²) in [4.78, 5) is 16.0. The molecule has 0 fully saturated rings. The number of ether oxygens (including phenoxy) is 1. The van der Waals surface area contributed by atoms with Crippen molar-refractivity contribution < 1.29 is 9.53 Å². The number of anilines is 2. The van der Waals surface area contributed by atoms with Crippen LogP contribution in [0.4, 0.5) is 11.4 Å². The predicted molar refractivity (Wildman–Crippen MR) is 96.7 cm³/mol. The molecule has 0 spiro atoms. The molecular weight excluding hydrogens is 310 g/mol. The Morgan fingerprint density at radius 2 is 1.96 bits per heavy atom. The first-order valence-corrected chi connectivity index (χ1v) is 7.83. The fourth-order valence-electron chi connectivity index (χ4n) is 2.01. The van der Waals surface area contributed by atoms with E-state index < -0.39 is 0 Å². The number of rotatable bonds is 3. The average molecular weight is 329 g/mol. The number of thiophene rings is 1. The van der Waals surface area contributed by atoms with Gasteiger partial charge in [0.15, 0.2) is 6.29 Å². The van der Waals surface area contributed by atoms with E-state index in [0.29, 0.717) is 16.3 Å². The number of hydrogen-bond acceptors (Lipinski definition) is 6. The molecule has 0 aliphatic rings. The maximum Gasteiger partial charge on any atom is 0.162 e. The predicted octanol–water partition coefficient (Wildman–Crippen LogP) is 3.74. The summed E-state index contributed by atoms with van der Waals surface area (Å²) in [6.07, 6.45) is 2.37. The Morgan fingerprint density at radius 1 is 1.26 bits per heavy atom. The molecule has 0 bridgehead atoms. The Morgan fingerprint density at radius 3 is 2.52 bits per heavy atom. The van der Waals surface area contributed by atoms with E-state index in [0.717, 1.165) is 16.5 Å². The van der Waals surface area contributed by atoms with Gasteiger partial charge in [-0.25, -0.2) is 4.98 Å². The number of nitrogens with one attached hydrogen (secondary N) is 1. The molecule has 2 heterocycles. The summed E-state index contributed by atoms with van der Waals surface area (Å²) in [6, 6.07) is 10.0. The van der Waals surface area contributed by atoms with Crippen molar-refractivity contribution >= 4 is 39.2 Å². The van der Waals surface area contributed by atoms with E-state index in [1.165, 1.54) is 22.6 Å². The van der Waals surface area contributed by atoms with Crippen molar-refractivity contribution in [3.05, 3.63) is 47.0 Å². The zero-order valence-electron chi connectivity index (χ0n) is 13.3. The number of nitrogen functional groups attached to an aromatic ring is 1. The molecule has 0 saturated carbocycles. The smallest absolute Gasteiger partial charge is 0.162 e. The minimum Gasteiger partial charge on any atom is -0.496 e. The van der Waals surface area contributed by atoms with Crippen LogP contribution in [-0.4, -0.2) is 25.4 Å². The standard InChI is InChI=1S/C9H8N2O2S.C8H11N/c1-13-5-2-3-11-9-7(5)8(10)6(4-12)14-9;1-7-3-5-8(9-2)6-4-7/h2-4H,10H2,1H3;3-6,9H,1-2H3. The van der Waals surface area contributed by atoms with E-state index >= 15 is 0 Å². The lowest BCUT2D eigenvalue weighted by Gasteiger charge is -2.00. The maximum absolute atomic E-state index is 10.7. The zero-order chi connectivity index (χ0) is 16.8. The van der Waals surface area contributed by atoms with Crippen molar-refractivity contribution in [1.82, 2.24) is 4.98 Å².